The number of carbonyl (C=O) groups excluding carboxylic acids is 1. The molecule has 0 atom stereocenters. The number of nitrogens with zero attached hydrogens (tertiary/aromatic N) is 1. The van der Waals surface area contributed by atoms with E-state index in [0.29, 0.717) is 34.3 Å². The van der Waals surface area contributed by atoms with E-state index in [1.165, 1.54) is 4.57 Å². The molecule has 3 rings (SSSR count). The number of hydrogen-bond donors (Lipinski definition) is 1. The summed E-state index contributed by atoms with van der Waals surface area (Å²) < 4.78 is 12.6. The molecule has 2 heterocycles. The number of pyridine rings is 1. The Labute approximate surface area is 175 Å². The summed E-state index contributed by atoms with van der Waals surface area (Å²) in [5, 5.41) is 0.486. The zero-order valence-corrected chi connectivity index (χ0v) is 18.0. The quantitative estimate of drug-likeness (QED) is 0.518. The number of carbonyl (C=O) groups is 1. The number of nitrogens with one attached hydrogen (secondary N) is 1. The lowest BCUT2D eigenvalue weighted by Gasteiger charge is -2.19. The number of hydrogen-bond acceptors (Lipinski definition) is 4. The van der Waals surface area contributed by atoms with Crippen molar-refractivity contribution < 1.29 is 14.3 Å². The molecule has 156 valence electrons. The van der Waals surface area contributed by atoms with E-state index < -0.39 is 11.6 Å². The summed E-state index contributed by atoms with van der Waals surface area (Å²) in [6, 6.07) is 9.87. The molecule has 2 aromatic heterocycles. The highest BCUT2D eigenvalue weighted by Crippen LogP contribution is 2.24. The van der Waals surface area contributed by atoms with Gasteiger partial charge in [0.15, 0.2) is 0 Å². The number of aromatic amines is 1. The summed E-state index contributed by atoms with van der Waals surface area (Å²) in [6.07, 6.45) is 1.64. The van der Waals surface area contributed by atoms with Crippen molar-refractivity contribution in [2.24, 2.45) is 7.05 Å². The van der Waals surface area contributed by atoms with Crippen molar-refractivity contribution in [3.8, 4) is 11.8 Å². The minimum Gasteiger partial charge on any atom is -0.462 e. The molecule has 0 aliphatic rings. The normalized spacial score (nSPS) is 11.2. The molecule has 0 unspecified atom stereocenters. The predicted octanol–water partition coefficient (Wildman–Crippen LogP) is 3.70. The van der Waals surface area contributed by atoms with Crippen LogP contribution in [0.1, 0.15) is 48.0 Å². The van der Waals surface area contributed by atoms with E-state index in [1.807, 2.05) is 44.2 Å². The second kappa shape index (κ2) is 8.60. The molecule has 0 amide bonds. The van der Waals surface area contributed by atoms with Gasteiger partial charge < -0.3 is 19.0 Å². The predicted molar refractivity (Wildman–Crippen MR) is 116 cm³/mol. The lowest BCUT2D eigenvalue weighted by atomic mass is 10.0. The maximum atomic E-state index is 12.6. The third-order valence-electron chi connectivity index (χ3n) is 4.73. The Kier molecular flexibility index (Phi) is 6.14. The number of ether oxygens (including phenoxy) is 2. The van der Waals surface area contributed by atoms with Crippen molar-refractivity contribution >= 4 is 16.9 Å². The Balaban J connectivity index is 2.03. The van der Waals surface area contributed by atoms with E-state index in [0.717, 1.165) is 5.56 Å². The van der Waals surface area contributed by atoms with Gasteiger partial charge in [-0.05, 0) is 33.3 Å². The molecule has 0 bridgehead atoms. The van der Waals surface area contributed by atoms with Crippen molar-refractivity contribution in [1.29, 1.82) is 0 Å². The second-order valence-electron chi connectivity index (χ2n) is 7.59. The second-order valence-corrected chi connectivity index (χ2v) is 7.59. The van der Waals surface area contributed by atoms with Crippen molar-refractivity contribution in [2.75, 3.05) is 6.61 Å². The molecule has 0 saturated heterocycles. The molecule has 6 nitrogen and oxygen atoms in total. The van der Waals surface area contributed by atoms with Gasteiger partial charge in [0.1, 0.15) is 11.1 Å². The van der Waals surface area contributed by atoms with Crippen molar-refractivity contribution in [3.05, 3.63) is 69.3 Å². The molecule has 1 aromatic carbocycles. The highest BCUT2D eigenvalue weighted by molar-refractivity contribution is 6.07. The number of aryl methyl sites for hydroxylation is 2. The minimum atomic E-state index is -0.730. The molecular formula is C24H26N2O4. The SMILES string of the molecule is CCOC(=O)c1c(C)[nH]c2c(=O)n(C)cc(C#CC(C)(C)OCc3ccccc3)c12. The van der Waals surface area contributed by atoms with Crippen molar-refractivity contribution in [2.45, 2.75) is 39.9 Å². The third-order valence-corrected chi connectivity index (χ3v) is 4.73. The Bertz CT molecular complexity index is 1190. The number of rotatable bonds is 5. The Morgan fingerprint density at radius 2 is 1.93 bits per heavy atom. The van der Waals surface area contributed by atoms with Crippen LogP contribution in [-0.2, 0) is 23.1 Å². The maximum absolute atomic E-state index is 12.6. The van der Waals surface area contributed by atoms with Gasteiger partial charge in [0.25, 0.3) is 5.56 Å². The molecule has 0 spiro atoms. The van der Waals surface area contributed by atoms with E-state index in [1.54, 1.807) is 27.1 Å². The average molecular weight is 406 g/mol. The Hall–Kier alpha value is -3.30. The molecule has 1 N–H and O–H groups in total. The molecule has 0 radical (unpaired) electrons. The van der Waals surface area contributed by atoms with Gasteiger partial charge in [-0.2, -0.15) is 0 Å². The van der Waals surface area contributed by atoms with E-state index in [2.05, 4.69) is 16.8 Å². The lowest BCUT2D eigenvalue weighted by Crippen LogP contribution is -2.22. The summed E-state index contributed by atoms with van der Waals surface area (Å²) in [6.45, 7) is 7.94. The van der Waals surface area contributed by atoms with Crippen LogP contribution in [0.2, 0.25) is 0 Å². The fourth-order valence-electron chi connectivity index (χ4n) is 3.19. The topological polar surface area (TPSA) is 73.3 Å². The number of benzene rings is 1. The summed E-state index contributed by atoms with van der Waals surface area (Å²) in [7, 11) is 1.66. The van der Waals surface area contributed by atoms with Gasteiger partial charge in [0.2, 0.25) is 0 Å². The molecular weight excluding hydrogens is 380 g/mol. The Morgan fingerprint density at radius 1 is 1.23 bits per heavy atom. The molecule has 0 fully saturated rings. The molecule has 3 aromatic rings. The van der Waals surface area contributed by atoms with Crippen molar-refractivity contribution in [3.63, 3.8) is 0 Å². The van der Waals surface area contributed by atoms with Crippen LogP contribution in [0.4, 0.5) is 0 Å². The van der Waals surface area contributed by atoms with Crippen LogP contribution in [0, 0.1) is 18.8 Å². The van der Waals surface area contributed by atoms with Gasteiger partial charge in [-0.25, -0.2) is 4.79 Å². The molecule has 0 saturated carbocycles. The van der Waals surface area contributed by atoms with Crippen molar-refractivity contribution in [1.82, 2.24) is 9.55 Å². The summed E-state index contributed by atoms with van der Waals surface area (Å²) >= 11 is 0. The first-order valence-electron chi connectivity index (χ1n) is 9.83. The lowest BCUT2D eigenvalue weighted by molar-refractivity contribution is 0.0144. The zero-order valence-electron chi connectivity index (χ0n) is 18.0. The largest absolute Gasteiger partial charge is 0.462 e. The van der Waals surface area contributed by atoms with Crippen LogP contribution in [-0.4, -0.2) is 27.7 Å². The number of fused-ring (bicyclic) bond motifs is 1. The molecule has 0 aliphatic carbocycles. The zero-order chi connectivity index (χ0) is 21.9. The van der Waals surface area contributed by atoms with Crippen LogP contribution < -0.4 is 5.56 Å². The fourth-order valence-corrected chi connectivity index (χ4v) is 3.19. The highest BCUT2D eigenvalue weighted by atomic mass is 16.5. The fraction of sp³-hybridized carbons (Fsp3) is 0.333. The third kappa shape index (κ3) is 4.47. The smallest absolute Gasteiger partial charge is 0.340 e. The number of esters is 1. The van der Waals surface area contributed by atoms with Gasteiger partial charge in [-0.3, -0.25) is 4.79 Å². The van der Waals surface area contributed by atoms with Gasteiger partial charge >= 0.3 is 5.97 Å². The van der Waals surface area contributed by atoms with Gasteiger partial charge in [-0.1, -0.05) is 42.2 Å². The first-order valence-corrected chi connectivity index (χ1v) is 9.83. The van der Waals surface area contributed by atoms with Crippen LogP contribution in [0.25, 0.3) is 10.9 Å². The molecule has 0 aliphatic heterocycles. The van der Waals surface area contributed by atoms with Gasteiger partial charge in [0, 0.05) is 24.3 Å². The summed E-state index contributed by atoms with van der Waals surface area (Å²) in [5.74, 6) is 5.78. The van der Waals surface area contributed by atoms with Gasteiger partial charge in [0.05, 0.1) is 24.3 Å². The maximum Gasteiger partial charge on any atom is 0.340 e. The average Bonchev–Trinajstić information content (AvgIpc) is 3.07. The Morgan fingerprint density at radius 3 is 2.60 bits per heavy atom. The monoisotopic (exact) mass is 406 g/mol. The summed E-state index contributed by atoms with van der Waals surface area (Å²) in [5.41, 5.74) is 1.93. The van der Waals surface area contributed by atoms with E-state index >= 15 is 0 Å². The number of aromatic nitrogens is 2. The minimum absolute atomic E-state index is 0.228. The van der Waals surface area contributed by atoms with E-state index in [9.17, 15) is 9.59 Å². The highest BCUT2D eigenvalue weighted by Gasteiger charge is 2.22. The summed E-state index contributed by atoms with van der Waals surface area (Å²) in [4.78, 5) is 28.1. The van der Waals surface area contributed by atoms with Gasteiger partial charge in [-0.15, -0.1) is 0 Å². The first-order chi connectivity index (χ1) is 14.2. The molecule has 30 heavy (non-hydrogen) atoms. The van der Waals surface area contributed by atoms with Crippen LogP contribution >= 0.6 is 0 Å². The number of H-pyrrole nitrogens is 1. The first kappa shape index (κ1) is 21.4. The molecule has 6 heteroatoms. The van der Waals surface area contributed by atoms with Crippen LogP contribution in [0.15, 0.2) is 41.3 Å². The van der Waals surface area contributed by atoms with Crippen LogP contribution in [0.3, 0.4) is 0 Å². The van der Waals surface area contributed by atoms with Crippen LogP contribution in [0.5, 0.6) is 0 Å². The standard InChI is InChI=1S/C24H26N2O4/c1-6-29-23(28)19-16(2)25-21-20(19)18(14-26(5)22(21)27)12-13-24(3,4)30-15-17-10-8-7-9-11-17/h7-11,14,25H,6,15H2,1-5H3. The van der Waals surface area contributed by atoms with E-state index in [-0.39, 0.29) is 12.2 Å². The van der Waals surface area contributed by atoms with E-state index in [4.69, 9.17) is 9.47 Å².